The van der Waals surface area contributed by atoms with E-state index in [-0.39, 0.29) is 25.7 Å². The Kier molecular flexibility index (Phi) is 66.5. The second-order valence-electron chi connectivity index (χ2n) is 28.1. The summed E-state index contributed by atoms with van der Waals surface area (Å²) in [5.41, 5.74) is 0. The number of esters is 4. The van der Waals surface area contributed by atoms with Crippen LogP contribution in [-0.2, 0) is 65.4 Å². The highest BCUT2D eigenvalue weighted by Gasteiger charge is 2.30. The van der Waals surface area contributed by atoms with Gasteiger partial charge < -0.3 is 33.8 Å². The van der Waals surface area contributed by atoms with Crippen molar-refractivity contribution in [2.45, 2.75) is 413 Å². The number of ether oxygens (including phenoxy) is 4. The van der Waals surface area contributed by atoms with Crippen molar-refractivity contribution in [3.05, 3.63) is 0 Å². The van der Waals surface area contributed by atoms with Crippen molar-refractivity contribution in [1.82, 2.24) is 0 Å². The predicted octanol–water partition coefficient (Wildman–Crippen LogP) is 22.3. The SMILES string of the molecule is CCCCCCCCCCCCCCCCCCCCC(=O)O[C@H](COC(=O)CCCCCCCCCCCCCCCCC)COP(=O)(O)OC[C@@H](O)COP(=O)(O)OC[C@@H](COC(=O)CCCCCCCCC(C)CC)OC(=O)CCCCCCCCCCCC(C)C. The van der Waals surface area contributed by atoms with Crippen LogP contribution in [0.2, 0.25) is 0 Å². The normalized spacial score (nSPS) is 14.3. The second-order valence-corrected chi connectivity index (χ2v) is 31.0. The first-order valence-corrected chi connectivity index (χ1v) is 42.5. The summed E-state index contributed by atoms with van der Waals surface area (Å²) < 4.78 is 68.5. The number of rotatable bonds is 75. The summed E-state index contributed by atoms with van der Waals surface area (Å²) >= 11 is 0. The van der Waals surface area contributed by atoms with E-state index in [1.165, 1.54) is 205 Å². The van der Waals surface area contributed by atoms with Gasteiger partial charge in [0.1, 0.15) is 19.3 Å². The van der Waals surface area contributed by atoms with E-state index in [1.807, 2.05) is 0 Å². The number of carbonyl (C=O) groups is 4. The Balaban J connectivity index is 5.24. The molecule has 0 bridgehead atoms. The maximum atomic E-state index is 13.1. The summed E-state index contributed by atoms with van der Waals surface area (Å²) in [4.78, 5) is 72.8. The van der Waals surface area contributed by atoms with Gasteiger partial charge in [-0.05, 0) is 37.5 Å². The van der Waals surface area contributed by atoms with Gasteiger partial charge in [-0.25, -0.2) is 9.13 Å². The van der Waals surface area contributed by atoms with Crippen molar-refractivity contribution in [3.63, 3.8) is 0 Å². The minimum absolute atomic E-state index is 0.105. The molecule has 0 radical (unpaired) electrons. The molecule has 0 fully saturated rings. The Morgan fingerprint density at radius 1 is 0.305 bits per heavy atom. The average Bonchev–Trinajstić information content (AvgIpc) is 1.40. The number of phosphoric ester groups is 2. The highest BCUT2D eigenvalue weighted by molar-refractivity contribution is 7.47. The van der Waals surface area contributed by atoms with E-state index >= 15 is 0 Å². The highest BCUT2D eigenvalue weighted by atomic mass is 31.2. The topological polar surface area (TPSA) is 237 Å². The second kappa shape index (κ2) is 67.9. The van der Waals surface area contributed by atoms with Gasteiger partial charge in [-0.3, -0.25) is 37.3 Å². The fourth-order valence-electron chi connectivity index (χ4n) is 11.6. The van der Waals surface area contributed by atoms with Crippen LogP contribution >= 0.6 is 15.6 Å². The molecule has 0 aromatic rings. The van der Waals surface area contributed by atoms with Crippen molar-refractivity contribution in [2.24, 2.45) is 11.8 Å². The minimum atomic E-state index is -4.96. The molecule has 0 aliphatic carbocycles. The molecule has 95 heavy (non-hydrogen) atoms. The zero-order valence-electron chi connectivity index (χ0n) is 62.0. The summed E-state index contributed by atoms with van der Waals surface area (Å²) in [6.45, 7) is 9.54. The monoisotopic (exact) mass is 1400 g/mol. The summed E-state index contributed by atoms with van der Waals surface area (Å²) in [5.74, 6) is -0.649. The van der Waals surface area contributed by atoms with Crippen molar-refractivity contribution in [2.75, 3.05) is 39.6 Å². The van der Waals surface area contributed by atoms with Gasteiger partial charge >= 0.3 is 39.5 Å². The molecule has 3 unspecified atom stereocenters. The number of unbranched alkanes of at least 4 members (excludes halogenated alkanes) is 44. The largest absolute Gasteiger partial charge is 0.472 e. The first-order valence-electron chi connectivity index (χ1n) is 39.5. The van der Waals surface area contributed by atoms with Crippen molar-refractivity contribution in [1.29, 1.82) is 0 Å². The quantitative estimate of drug-likeness (QED) is 0.0222. The summed E-state index contributed by atoms with van der Waals surface area (Å²) in [7, 11) is -9.91. The summed E-state index contributed by atoms with van der Waals surface area (Å²) in [5, 5.41) is 10.6. The van der Waals surface area contributed by atoms with E-state index in [4.69, 9.17) is 37.0 Å². The van der Waals surface area contributed by atoms with Crippen LogP contribution in [0.5, 0.6) is 0 Å². The summed E-state index contributed by atoms with van der Waals surface area (Å²) in [6, 6.07) is 0. The number of aliphatic hydroxyl groups excluding tert-OH is 1. The first-order chi connectivity index (χ1) is 45.9. The van der Waals surface area contributed by atoms with Crippen LogP contribution < -0.4 is 0 Å². The molecule has 19 heteroatoms. The zero-order valence-corrected chi connectivity index (χ0v) is 63.8. The third-order valence-corrected chi connectivity index (χ3v) is 20.0. The molecular formula is C76H148O17P2. The molecule has 0 amide bonds. The number of carbonyl (C=O) groups excluding carboxylic acids is 4. The molecule has 0 aliphatic rings. The molecule has 0 rings (SSSR count). The Hall–Kier alpha value is -1.94. The molecule has 17 nitrogen and oxygen atoms in total. The van der Waals surface area contributed by atoms with Crippen molar-refractivity contribution < 1.29 is 80.2 Å². The molecule has 0 saturated heterocycles. The minimum Gasteiger partial charge on any atom is -0.462 e. The van der Waals surface area contributed by atoms with E-state index in [1.54, 1.807) is 0 Å². The van der Waals surface area contributed by atoms with Gasteiger partial charge in [-0.1, -0.05) is 343 Å². The third kappa shape index (κ3) is 69.0. The Morgan fingerprint density at radius 3 is 0.800 bits per heavy atom. The lowest BCUT2D eigenvalue weighted by Gasteiger charge is -2.21. The van der Waals surface area contributed by atoms with Gasteiger partial charge in [-0.15, -0.1) is 0 Å². The van der Waals surface area contributed by atoms with Crippen molar-refractivity contribution in [3.8, 4) is 0 Å². The van der Waals surface area contributed by atoms with E-state index in [9.17, 15) is 43.2 Å². The predicted molar refractivity (Wildman–Crippen MR) is 386 cm³/mol. The summed E-state index contributed by atoms with van der Waals surface area (Å²) in [6.07, 6.45) is 55.5. The van der Waals surface area contributed by atoms with Gasteiger partial charge in [0.2, 0.25) is 0 Å². The molecular weight excluding hydrogens is 1250 g/mol. The lowest BCUT2D eigenvalue weighted by Crippen LogP contribution is -2.30. The molecule has 0 saturated carbocycles. The van der Waals surface area contributed by atoms with Crippen LogP contribution in [0.4, 0.5) is 0 Å². The Labute approximate surface area is 581 Å². The van der Waals surface area contributed by atoms with Crippen LogP contribution in [0.25, 0.3) is 0 Å². The third-order valence-electron chi connectivity index (χ3n) is 18.1. The maximum absolute atomic E-state index is 13.1. The van der Waals surface area contributed by atoms with Gasteiger partial charge in [0, 0.05) is 25.7 Å². The number of aliphatic hydroxyl groups is 1. The number of hydrogen-bond donors (Lipinski definition) is 3. The van der Waals surface area contributed by atoms with E-state index in [0.29, 0.717) is 25.7 Å². The standard InChI is InChI=1S/C76H148O17P2/c1-7-10-12-14-16-18-20-22-24-25-26-28-30-32-36-40-48-54-60-75(80)92-71(64-86-73(78)58-52-46-39-35-31-29-27-23-21-19-17-15-13-11-8-2)66-90-94(82,83)88-62-70(77)63-89-95(84,85)91-67-72(65-87-74(79)59-53-47-43-42-45-51-57-69(6)9-3)93-76(81)61-55-49-41-37-33-34-38-44-50-56-68(4)5/h68-72,77H,7-67H2,1-6H3,(H,82,83)(H,84,85)/t69?,70-,71-,72-/m1/s1. The zero-order chi connectivity index (χ0) is 70.0. The molecule has 0 aromatic carbocycles. The molecule has 0 spiro atoms. The van der Waals surface area contributed by atoms with Crippen molar-refractivity contribution >= 4 is 39.5 Å². The van der Waals surface area contributed by atoms with Gasteiger partial charge in [0.15, 0.2) is 12.2 Å². The molecule has 0 aliphatic heterocycles. The molecule has 3 N–H and O–H groups in total. The molecule has 6 atom stereocenters. The Bertz CT molecular complexity index is 1840. The fourth-order valence-corrected chi connectivity index (χ4v) is 13.2. The van der Waals surface area contributed by atoms with Crippen LogP contribution in [0.15, 0.2) is 0 Å². The van der Waals surface area contributed by atoms with Crippen LogP contribution in [-0.4, -0.2) is 96.7 Å². The molecule has 0 heterocycles. The number of hydrogen-bond acceptors (Lipinski definition) is 15. The van der Waals surface area contributed by atoms with Gasteiger partial charge in [0.05, 0.1) is 26.4 Å². The van der Waals surface area contributed by atoms with Gasteiger partial charge in [0.25, 0.3) is 0 Å². The van der Waals surface area contributed by atoms with Crippen LogP contribution in [0.1, 0.15) is 395 Å². The lowest BCUT2D eigenvalue weighted by molar-refractivity contribution is -0.161. The average molecular weight is 1400 g/mol. The Morgan fingerprint density at radius 2 is 0.537 bits per heavy atom. The van der Waals surface area contributed by atoms with Crippen LogP contribution in [0, 0.1) is 11.8 Å². The highest BCUT2D eigenvalue weighted by Crippen LogP contribution is 2.45. The number of phosphoric acid groups is 2. The van der Waals surface area contributed by atoms with E-state index < -0.39 is 97.5 Å². The van der Waals surface area contributed by atoms with Gasteiger partial charge in [-0.2, -0.15) is 0 Å². The van der Waals surface area contributed by atoms with E-state index in [0.717, 1.165) is 108 Å². The maximum Gasteiger partial charge on any atom is 0.472 e. The smallest absolute Gasteiger partial charge is 0.462 e. The van der Waals surface area contributed by atoms with Crippen LogP contribution in [0.3, 0.4) is 0 Å². The van der Waals surface area contributed by atoms with E-state index in [2.05, 4.69) is 41.5 Å². The lowest BCUT2D eigenvalue weighted by atomic mass is 10.00. The fraction of sp³-hybridized carbons (Fsp3) is 0.947. The molecule has 564 valence electrons. The molecule has 0 aromatic heterocycles. The first kappa shape index (κ1) is 93.1.